The SMILES string of the molecule is C[N+](C)(C)CCOP(=O)(O)OCCCCCCCCCCCCCCCCCCCCCCCCCCCCCCCCO. The van der Waals surface area contributed by atoms with E-state index in [1.807, 2.05) is 21.1 Å². The van der Waals surface area contributed by atoms with E-state index < -0.39 is 7.82 Å². The molecular weight excluding hydrogens is 569 g/mol. The zero-order valence-electron chi connectivity index (χ0n) is 30.1. The molecule has 0 saturated carbocycles. The Hall–Kier alpha value is 0.0300. The van der Waals surface area contributed by atoms with Crippen LogP contribution in [0.2, 0.25) is 0 Å². The minimum Gasteiger partial charge on any atom is -0.396 e. The highest BCUT2D eigenvalue weighted by Gasteiger charge is 2.21. The number of phosphoric acid groups is 1. The Kier molecular flexibility index (Phi) is 33.0. The minimum absolute atomic E-state index is 0.230. The first-order valence-electron chi connectivity index (χ1n) is 19.3. The largest absolute Gasteiger partial charge is 0.472 e. The third kappa shape index (κ3) is 38.2. The second kappa shape index (κ2) is 33.0. The fraction of sp³-hybridized carbons (Fsp3) is 1.00. The van der Waals surface area contributed by atoms with E-state index in [2.05, 4.69) is 0 Å². The minimum atomic E-state index is -3.90. The monoisotopic (exact) mass is 649 g/mol. The van der Waals surface area contributed by atoms with Crippen LogP contribution in [0.1, 0.15) is 193 Å². The number of aliphatic hydroxyl groups excluding tert-OH is 1. The van der Waals surface area contributed by atoms with Gasteiger partial charge >= 0.3 is 7.82 Å². The molecule has 1 unspecified atom stereocenters. The second-order valence-corrected chi connectivity index (χ2v) is 15.9. The molecule has 0 radical (unpaired) electrons. The molecule has 0 aliphatic heterocycles. The lowest BCUT2D eigenvalue weighted by Crippen LogP contribution is -2.37. The molecule has 0 saturated heterocycles. The number of likely N-dealkylation sites (N-methyl/N-ethyl adjacent to an activating group) is 1. The predicted octanol–water partition coefficient (Wildman–Crippen LogP) is 11.5. The molecule has 0 aliphatic rings. The molecule has 266 valence electrons. The normalized spacial score (nSPS) is 13.5. The van der Waals surface area contributed by atoms with Gasteiger partial charge in [0.15, 0.2) is 0 Å². The summed E-state index contributed by atoms with van der Waals surface area (Å²) in [5, 5.41) is 8.79. The van der Waals surface area contributed by atoms with Crippen molar-refractivity contribution in [1.29, 1.82) is 0 Å². The van der Waals surface area contributed by atoms with Gasteiger partial charge in [0.2, 0.25) is 0 Å². The summed E-state index contributed by atoms with van der Waals surface area (Å²) in [5.74, 6) is 0. The Morgan fingerprint density at radius 3 is 0.886 bits per heavy atom. The highest BCUT2D eigenvalue weighted by atomic mass is 31.2. The molecule has 0 aromatic heterocycles. The number of phosphoric ester groups is 1. The van der Waals surface area contributed by atoms with Crippen molar-refractivity contribution in [1.82, 2.24) is 0 Å². The lowest BCUT2D eigenvalue weighted by molar-refractivity contribution is -0.870. The summed E-state index contributed by atoms with van der Waals surface area (Å²) in [6.45, 7) is 1.56. The van der Waals surface area contributed by atoms with Crippen molar-refractivity contribution < 1.29 is 28.1 Å². The van der Waals surface area contributed by atoms with Crippen LogP contribution in [0, 0.1) is 0 Å². The van der Waals surface area contributed by atoms with Crippen LogP contribution >= 0.6 is 7.82 Å². The van der Waals surface area contributed by atoms with Crippen LogP contribution in [-0.4, -0.2) is 62.0 Å². The van der Waals surface area contributed by atoms with Crippen molar-refractivity contribution in [3.8, 4) is 0 Å². The average Bonchev–Trinajstić information content (AvgIpc) is 2.97. The molecule has 6 nitrogen and oxygen atoms in total. The molecule has 0 amide bonds. The van der Waals surface area contributed by atoms with E-state index in [-0.39, 0.29) is 6.61 Å². The summed E-state index contributed by atoms with van der Waals surface area (Å²) in [4.78, 5) is 9.72. The van der Waals surface area contributed by atoms with Crippen LogP contribution in [-0.2, 0) is 13.6 Å². The first kappa shape index (κ1) is 44.0. The molecule has 44 heavy (non-hydrogen) atoms. The van der Waals surface area contributed by atoms with Gasteiger partial charge in [0, 0.05) is 6.61 Å². The number of unbranched alkanes of at least 4 members (excludes halogenated alkanes) is 29. The van der Waals surface area contributed by atoms with E-state index in [4.69, 9.17) is 14.2 Å². The van der Waals surface area contributed by atoms with Crippen molar-refractivity contribution >= 4 is 7.82 Å². The molecule has 1 atom stereocenters. The van der Waals surface area contributed by atoms with E-state index in [1.165, 1.54) is 173 Å². The summed E-state index contributed by atoms with van der Waals surface area (Å²) < 4.78 is 22.7. The van der Waals surface area contributed by atoms with E-state index >= 15 is 0 Å². The Morgan fingerprint density at radius 1 is 0.409 bits per heavy atom. The number of quaternary nitrogens is 1. The van der Waals surface area contributed by atoms with E-state index in [1.54, 1.807) is 0 Å². The number of nitrogens with zero attached hydrogens (tertiary/aromatic N) is 1. The summed E-state index contributed by atoms with van der Waals surface area (Å²) in [5.41, 5.74) is 0. The number of hydrogen-bond donors (Lipinski definition) is 2. The maximum atomic E-state index is 11.9. The third-order valence-electron chi connectivity index (χ3n) is 8.82. The molecule has 0 aromatic carbocycles. The number of aliphatic hydroxyl groups is 1. The summed E-state index contributed by atoms with van der Waals surface area (Å²) >= 11 is 0. The molecule has 0 aromatic rings. The van der Waals surface area contributed by atoms with Gasteiger partial charge in [0.25, 0.3) is 0 Å². The van der Waals surface area contributed by atoms with Gasteiger partial charge in [-0.2, -0.15) is 0 Å². The first-order valence-corrected chi connectivity index (χ1v) is 20.8. The van der Waals surface area contributed by atoms with Crippen LogP contribution < -0.4 is 0 Å². The van der Waals surface area contributed by atoms with Gasteiger partial charge in [0.1, 0.15) is 13.2 Å². The van der Waals surface area contributed by atoms with Gasteiger partial charge in [-0.25, -0.2) is 4.57 Å². The molecule has 0 rings (SSSR count). The molecular formula is C37H79NO5P+. The van der Waals surface area contributed by atoms with Crippen LogP contribution in [0.5, 0.6) is 0 Å². The smallest absolute Gasteiger partial charge is 0.396 e. The molecule has 0 spiro atoms. The van der Waals surface area contributed by atoms with Crippen LogP contribution in [0.3, 0.4) is 0 Å². The van der Waals surface area contributed by atoms with Gasteiger partial charge in [-0.15, -0.1) is 0 Å². The first-order chi connectivity index (χ1) is 21.3. The summed E-state index contributed by atoms with van der Waals surface area (Å²) in [6, 6.07) is 0. The molecule has 0 heterocycles. The van der Waals surface area contributed by atoms with Gasteiger partial charge in [-0.3, -0.25) is 9.05 Å². The van der Waals surface area contributed by atoms with Gasteiger partial charge in [-0.05, 0) is 12.8 Å². The zero-order valence-corrected chi connectivity index (χ0v) is 30.9. The van der Waals surface area contributed by atoms with Gasteiger partial charge in [-0.1, -0.05) is 180 Å². The predicted molar refractivity (Wildman–Crippen MR) is 190 cm³/mol. The maximum Gasteiger partial charge on any atom is 0.472 e. The molecule has 0 fully saturated rings. The summed E-state index contributed by atoms with van der Waals surface area (Å²) in [7, 11) is 2.17. The van der Waals surface area contributed by atoms with Gasteiger partial charge < -0.3 is 14.5 Å². The Bertz CT molecular complexity index is 613. The lowest BCUT2D eigenvalue weighted by Gasteiger charge is -2.24. The molecule has 2 N–H and O–H groups in total. The standard InChI is InChI=1S/C37H78NO5P/c1-38(2,3)34-37-43-44(40,41)42-36-33-31-29-27-25-23-21-19-17-15-13-11-9-7-5-4-6-8-10-12-14-16-18-20-22-24-26-28-30-32-35-39/h39H,4-37H2,1-3H3/p+1. The highest BCUT2D eigenvalue weighted by Crippen LogP contribution is 2.43. The number of rotatable bonds is 37. The van der Waals surface area contributed by atoms with Crippen molar-refractivity contribution in [2.45, 2.75) is 193 Å². The van der Waals surface area contributed by atoms with E-state index in [0.717, 1.165) is 19.3 Å². The average molecular weight is 649 g/mol. The fourth-order valence-electron chi connectivity index (χ4n) is 5.81. The van der Waals surface area contributed by atoms with E-state index in [0.29, 0.717) is 24.2 Å². The van der Waals surface area contributed by atoms with Crippen molar-refractivity contribution in [2.24, 2.45) is 0 Å². The Labute approximate surface area is 275 Å². The van der Waals surface area contributed by atoms with Crippen LogP contribution in [0.4, 0.5) is 0 Å². The Morgan fingerprint density at radius 2 is 0.636 bits per heavy atom. The van der Waals surface area contributed by atoms with Crippen molar-refractivity contribution in [3.63, 3.8) is 0 Å². The van der Waals surface area contributed by atoms with Crippen LogP contribution in [0.25, 0.3) is 0 Å². The van der Waals surface area contributed by atoms with Gasteiger partial charge in [0.05, 0.1) is 27.7 Å². The quantitative estimate of drug-likeness (QED) is 0.0398. The molecule has 7 heteroatoms. The fourth-order valence-corrected chi connectivity index (χ4v) is 6.56. The number of hydrogen-bond acceptors (Lipinski definition) is 4. The van der Waals surface area contributed by atoms with Crippen LogP contribution in [0.15, 0.2) is 0 Å². The molecule has 0 aliphatic carbocycles. The lowest BCUT2D eigenvalue weighted by atomic mass is 10.0. The Balaban J connectivity index is 3.16. The highest BCUT2D eigenvalue weighted by molar-refractivity contribution is 7.47. The topological polar surface area (TPSA) is 76.0 Å². The third-order valence-corrected chi connectivity index (χ3v) is 9.84. The maximum absolute atomic E-state index is 11.9. The summed E-state index contributed by atoms with van der Waals surface area (Å²) in [6.07, 6.45) is 40.4. The van der Waals surface area contributed by atoms with E-state index in [9.17, 15) is 9.46 Å². The zero-order chi connectivity index (χ0) is 32.5. The second-order valence-electron chi connectivity index (χ2n) is 14.5. The van der Waals surface area contributed by atoms with Crippen molar-refractivity contribution in [2.75, 3.05) is 47.5 Å². The van der Waals surface area contributed by atoms with Crippen molar-refractivity contribution in [3.05, 3.63) is 0 Å². The molecule has 0 bridgehead atoms.